The fourth-order valence-electron chi connectivity index (χ4n) is 3.17. The summed E-state index contributed by atoms with van der Waals surface area (Å²) in [5, 5.41) is 0. The average molecular weight is 267 g/mol. The van der Waals surface area contributed by atoms with Gasteiger partial charge in [0.15, 0.2) is 0 Å². The number of carbonyl (C=O) groups excluding carboxylic acids is 1. The number of rotatable bonds is 2. The van der Waals surface area contributed by atoms with Crippen molar-refractivity contribution in [1.29, 1.82) is 0 Å². The number of urea groups is 1. The SMILES string of the molecule is CC(C)N(C)C(=O)N1CC2(CC2)N(C(C)C)CC1C. The highest BCUT2D eigenvalue weighted by Gasteiger charge is 2.54. The van der Waals surface area contributed by atoms with E-state index in [2.05, 4.69) is 44.4 Å². The van der Waals surface area contributed by atoms with Gasteiger partial charge >= 0.3 is 6.03 Å². The van der Waals surface area contributed by atoms with Gasteiger partial charge in [-0.15, -0.1) is 0 Å². The van der Waals surface area contributed by atoms with Gasteiger partial charge in [0.05, 0.1) is 0 Å². The zero-order valence-corrected chi connectivity index (χ0v) is 13.3. The van der Waals surface area contributed by atoms with Crippen LogP contribution in [0.5, 0.6) is 0 Å². The highest BCUT2D eigenvalue weighted by molar-refractivity contribution is 5.75. The molecular formula is C15H29N3O. The van der Waals surface area contributed by atoms with E-state index in [9.17, 15) is 4.79 Å². The Labute approximate surface area is 117 Å². The second-order valence-corrected chi connectivity index (χ2v) is 6.93. The van der Waals surface area contributed by atoms with E-state index < -0.39 is 0 Å². The summed E-state index contributed by atoms with van der Waals surface area (Å²) in [5.74, 6) is 0. The Morgan fingerprint density at radius 1 is 1.26 bits per heavy atom. The van der Waals surface area contributed by atoms with Gasteiger partial charge < -0.3 is 9.80 Å². The fourth-order valence-corrected chi connectivity index (χ4v) is 3.17. The highest BCUT2D eigenvalue weighted by atomic mass is 16.2. The summed E-state index contributed by atoms with van der Waals surface area (Å²) in [5.41, 5.74) is 0.286. The third-order valence-electron chi connectivity index (χ3n) is 4.84. The van der Waals surface area contributed by atoms with Crippen LogP contribution in [-0.4, -0.2) is 64.5 Å². The Balaban J connectivity index is 2.11. The maximum absolute atomic E-state index is 12.6. The van der Waals surface area contributed by atoms with E-state index in [0.717, 1.165) is 13.1 Å². The zero-order valence-electron chi connectivity index (χ0n) is 13.3. The Morgan fingerprint density at radius 3 is 2.26 bits per heavy atom. The van der Waals surface area contributed by atoms with Crippen LogP contribution < -0.4 is 0 Å². The lowest BCUT2D eigenvalue weighted by molar-refractivity contribution is 0.0129. The molecule has 0 aromatic carbocycles. The number of hydrogen-bond acceptors (Lipinski definition) is 2. The van der Waals surface area contributed by atoms with Crippen LogP contribution in [-0.2, 0) is 0 Å². The largest absolute Gasteiger partial charge is 0.325 e. The quantitative estimate of drug-likeness (QED) is 0.768. The maximum atomic E-state index is 12.6. The zero-order chi connectivity index (χ0) is 14.4. The summed E-state index contributed by atoms with van der Waals surface area (Å²) >= 11 is 0. The van der Waals surface area contributed by atoms with Gasteiger partial charge in [0, 0.05) is 43.8 Å². The van der Waals surface area contributed by atoms with E-state index in [4.69, 9.17) is 0 Å². The molecule has 0 aromatic rings. The number of amides is 2. The maximum Gasteiger partial charge on any atom is 0.320 e. The van der Waals surface area contributed by atoms with Crippen LogP contribution in [0.25, 0.3) is 0 Å². The third-order valence-corrected chi connectivity index (χ3v) is 4.84. The van der Waals surface area contributed by atoms with Crippen molar-refractivity contribution >= 4 is 6.03 Å². The van der Waals surface area contributed by atoms with E-state index >= 15 is 0 Å². The van der Waals surface area contributed by atoms with E-state index in [0.29, 0.717) is 12.1 Å². The van der Waals surface area contributed by atoms with Crippen LogP contribution in [0.4, 0.5) is 4.79 Å². The molecule has 2 aliphatic rings. The standard InChI is InChI=1S/C15H29N3O/c1-11(2)16(6)14(19)17-10-15(7-8-15)18(12(3)4)9-13(17)5/h11-13H,7-10H2,1-6H3. The summed E-state index contributed by atoms with van der Waals surface area (Å²) in [6, 6.07) is 1.34. The molecule has 19 heavy (non-hydrogen) atoms. The number of carbonyl (C=O) groups is 1. The molecule has 4 nitrogen and oxygen atoms in total. The molecule has 1 saturated carbocycles. The van der Waals surface area contributed by atoms with Crippen molar-refractivity contribution in [3.63, 3.8) is 0 Å². The molecule has 0 aromatic heterocycles. The molecule has 1 aliphatic heterocycles. The van der Waals surface area contributed by atoms with Crippen LogP contribution >= 0.6 is 0 Å². The Kier molecular flexibility index (Phi) is 3.83. The lowest BCUT2D eigenvalue weighted by atomic mass is 10.0. The van der Waals surface area contributed by atoms with Gasteiger partial charge in [-0.2, -0.15) is 0 Å². The molecule has 0 N–H and O–H groups in total. The lowest BCUT2D eigenvalue weighted by Gasteiger charge is -2.49. The Hall–Kier alpha value is -0.770. The second kappa shape index (κ2) is 4.97. The summed E-state index contributed by atoms with van der Waals surface area (Å²) in [6.07, 6.45) is 2.49. The van der Waals surface area contributed by atoms with Crippen LogP contribution in [0.2, 0.25) is 0 Å². The van der Waals surface area contributed by atoms with Gasteiger partial charge in [-0.3, -0.25) is 4.90 Å². The van der Waals surface area contributed by atoms with Crippen molar-refractivity contribution < 1.29 is 4.79 Å². The minimum atomic E-state index is 0.192. The van der Waals surface area contributed by atoms with E-state index in [-0.39, 0.29) is 17.6 Å². The first-order chi connectivity index (χ1) is 8.78. The summed E-state index contributed by atoms with van der Waals surface area (Å²) < 4.78 is 0. The topological polar surface area (TPSA) is 26.8 Å². The number of nitrogens with zero attached hydrogens (tertiary/aromatic N) is 3. The predicted octanol–water partition coefficient (Wildman–Crippen LogP) is 2.39. The molecule has 1 aliphatic carbocycles. The molecule has 0 bridgehead atoms. The first-order valence-corrected chi connectivity index (χ1v) is 7.58. The molecule has 1 spiro atoms. The van der Waals surface area contributed by atoms with Crippen LogP contribution in [0.3, 0.4) is 0 Å². The molecule has 0 radical (unpaired) electrons. The van der Waals surface area contributed by atoms with Gasteiger partial charge in [0.2, 0.25) is 0 Å². The van der Waals surface area contributed by atoms with Gasteiger partial charge in [-0.1, -0.05) is 0 Å². The molecule has 2 rings (SSSR count). The molecule has 2 fully saturated rings. The molecular weight excluding hydrogens is 238 g/mol. The number of piperazine rings is 1. The normalized spacial score (nSPS) is 26.3. The summed E-state index contributed by atoms with van der Waals surface area (Å²) in [4.78, 5) is 19.1. The average Bonchev–Trinajstić information content (AvgIpc) is 3.10. The Bertz CT molecular complexity index is 349. The van der Waals surface area contributed by atoms with Crippen molar-refractivity contribution in [1.82, 2.24) is 14.7 Å². The van der Waals surface area contributed by atoms with Gasteiger partial charge in [0.1, 0.15) is 0 Å². The first kappa shape index (κ1) is 14.6. The van der Waals surface area contributed by atoms with Crippen LogP contribution in [0.1, 0.15) is 47.5 Å². The van der Waals surface area contributed by atoms with Crippen LogP contribution in [0, 0.1) is 0 Å². The number of hydrogen-bond donors (Lipinski definition) is 0. The van der Waals surface area contributed by atoms with Crippen molar-refractivity contribution in [2.45, 2.75) is 71.1 Å². The molecule has 110 valence electrons. The second-order valence-electron chi connectivity index (χ2n) is 6.93. The van der Waals surface area contributed by atoms with Crippen molar-refractivity contribution in [3.05, 3.63) is 0 Å². The van der Waals surface area contributed by atoms with Crippen molar-refractivity contribution in [2.75, 3.05) is 20.1 Å². The fraction of sp³-hybridized carbons (Fsp3) is 0.933. The highest BCUT2D eigenvalue weighted by Crippen LogP contribution is 2.46. The van der Waals surface area contributed by atoms with Gasteiger partial charge in [0.25, 0.3) is 0 Å². The summed E-state index contributed by atoms with van der Waals surface area (Å²) in [6.45, 7) is 12.8. The summed E-state index contributed by atoms with van der Waals surface area (Å²) in [7, 11) is 1.91. The van der Waals surface area contributed by atoms with Gasteiger partial charge in [-0.25, -0.2) is 4.79 Å². The minimum absolute atomic E-state index is 0.192. The smallest absolute Gasteiger partial charge is 0.320 e. The van der Waals surface area contributed by atoms with E-state index in [1.54, 1.807) is 0 Å². The molecule has 1 saturated heterocycles. The molecule has 1 atom stereocenters. The van der Waals surface area contributed by atoms with Crippen molar-refractivity contribution in [2.24, 2.45) is 0 Å². The molecule has 2 amide bonds. The molecule has 1 heterocycles. The van der Waals surface area contributed by atoms with E-state index in [1.807, 2.05) is 11.9 Å². The molecule has 4 heteroatoms. The van der Waals surface area contributed by atoms with E-state index in [1.165, 1.54) is 12.8 Å². The van der Waals surface area contributed by atoms with Crippen molar-refractivity contribution in [3.8, 4) is 0 Å². The monoisotopic (exact) mass is 267 g/mol. The predicted molar refractivity (Wildman–Crippen MR) is 78.3 cm³/mol. The lowest BCUT2D eigenvalue weighted by Crippen LogP contribution is -2.63. The molecule has 1 unspecified atom stereocenters. The third kappa shape index (κ3) is 2.60. The van der Waals surface area contributed by atoms with Gasteiger partial charge in [-0.05, 0) is 47.5 Å². The minimum Gasteiger partial charge on any atom is -0.325 e. The first-order valence-electron chi connectivity index (χ1n) is 7.58. The van der Waals surface area contributed by atoms with Crippen LogP contribution in [0.15, 0.2) is 0 Å². The Morgan fingerprint density at radius 2 is 1.84 bits per heavy atom.